The number of carboxylic acids is 1. The molecule has 0 amide bonds. The number of benzene rings is 2. The van der Waals surface area contributed by atoms with Crippen LogP contribution in [-0.2, 0) is 14.2 Å². The van der Waals surface area contributed by atoms with Crippen molar-refractivity contribution in [1.29, 1.82) is 0 Å². The van der Waals surface area contributed by atoms with Crippen molar-refractivity contribution in [2.24, 2.45) is 17.3 Å². The van der Waals surface area contributed by atoms with Gasteiger partial charge < -0.3 is 54.7 Å². The quantitative estimate of drug-likeness (QED) is 0.125. The van der Waals surface area contributed by atoms with Crippen molar-refractivity contribution in [2.75, 3.05) is 38.1 Å². The Hall–Kier alpha value is -2.34. The van der Waals surface area contributed by atoms with E-state index < -0.39 is 60.1 Å². The first kappa shape index (κ1) is 36.9. The molecule has 48 heavy (non-hydrogen) atoms. The maximum absolute atomic E-state index is 12.4. The first-order chi connectivity index (χ1) is 22.8. The van der Waals surface area contributed by atoms with Crippen molar-refractivity contribution in [3.63, 3.8) is 0 Å². The molecule has 8 unspecified atom stereocenters. The summed E-state index contributed by atoms with van der Waals surface area (Å²) in [4.78, 5) is 24.4. The van der Waals surface area contributed by atoms with E-state index in [1.165, 1.54) is 24.6 Å². The van der Waals surface area contributed by atoms with E-state index in [0.29, 0.717) is 26.1 Å². The molecular formula is C33H44O13S2. The van der Waals surface area contributed by atoms with Crippen LogP contribution in [0.25, 0.3) is 10.8 Å². The number of aliphatic hydroxyl groups excluding tert-OH is 4. The maximum atomic E-state index is 12.4. The topological polar surface area (TPSA) is 213 Å². The standard InChI is InChI=1S/C33H44O13S2/c1-16-4-6-33(44-15-48-47-14-32(7-8-34)13-43-9-5-21(16)32)23(12-35)46-31(28(39)29(33)40)45-22-11-19(30(41)42)10-20-25(22)27(38)24(18(3)36)17(2)26(20)37/h10-11,16,21,23,28-29,31,34-35,37-40H,4-9,12-15H2,1-3H3,(H,41,42). The van der Waals surface area contributed by atoms with Gasteiger partial charge in [-0.1, -0.05) is 28.5 Å². The van der Waals surface area contributed by atoms with E-state index in [2.05, 4.69) is 6.92 Å². The summed E-state index contributed by atoms with van der Waals surface area (Å²) < 4.78 is 24.3. The molecule has 3 saturated heterocycles. The van der Waals surface area contributed by atoms with Crippen molar-refractivity contribution >= 4 is 44.1 Å². The molecule has 0 saturated carbocycles. The molecule has 3 fully saturated rings. The summed E-state index contributed by atoms with van der Waals surface area (Å²) in [6.07, 6.45) is -4.19. The number of carbonyl (C=O) groups is 2. The number of rotatable bonds is 7. The average Bonchev–Trinajstić information content (AvgIpc) is 3.07. The number of carbonyl (C=O) groups excluding carboxylic acids is 1. The second-order valence-corrected chi connectivity index (χ2v) is 15.5. The van der Waals surface area contributed by atoms with Gasteiger partial charge in [0.2, 0.25) is 6.29 Å². The predicted molar refractivity (Wildman–Crippen MR) is 178 cm³/mol. The smallest absolute Gasteiger partial charge is 0.335 e. The molecule has 0 aliphatic carbocycles. The lowest BCUT2D eigenvalue weighted by molar-refractivity contribution is -0.322. The Morgan fingerprint density at radius 3 is 2.52 bits per heavy atom. The summed E-state index contributed by atoms with van der Waals surface area (Å²) >= 11 is 0. The van der Waals surface area contributed by atoms with E-state index >= 15 is 0 Å². The van der Waals surface area contributed by atoms with Gasteiger partial charge in [0.05, 0.1) is 29.7 Å². The van der Waals surface area contributed by atoms with Crippen LogP contribution in [0.2, 0.25) is 0 Å². The first-order valence-electron chi connectivity index (χ1n) is 15.9. The third kappa shape index (κ3) is 6.61. The van der Waals surface area contributed by atoms with Crippen LogP contribution in [-0.4, -0.2) is 116 Å². The number of phenols is 2. The lowest BCUT2D eigenvalue weighted by Gasteiger charge is -2.51. The zero-order chi connectivity index (χ0) is 35.0. The van der Waals surface area contributed by atoms with Crippen molar-refractivity contribution < 1.29 is 64.3 Å². The number of phenolic OH excluding ortho intramolecular Hbond substituents is 2. The molecule has 0 radical (unpaired) electrons. The van der Waals surface area contributed by atoms with Crippen LogP contribution in [0.5, 0.6) is 17.2 Å². The van der Waals surface area contributed by atoms with Crippen LogP contribution in [0.3, 0.4) is 0 Å². The highest BCUT2D eigenvalue weighted by atomic mass is 33.1. The summed E-state index contributed by atoms with van der Waals surface area (Å²) in [5.74, 6) is -2.18. The highest BCUT2D eigenvalue weighted by Gasteiger charge is 2.58. The molecule has 15 heteroatoms. The molecule has 0 bridgehead atoms. The average molecular weight is 713 g/mol. The molecule has 8 atom stereocenters. The van der Waals surface area contributed by atoms with E-state index in [0.717, 1.165) is 24.3 Å². The largest absolute Gasteiger partial charge is 0.507 e. The molecule has 7 N–H and O–H groups in total. The van der Waals surface area contributed by atoms with Gasteiger partial charge in [0.1, 0.15) is 47.1 Å². The van der Waals surface area contributed by atoms with Gasteiger partial charge in [-0.2, -0.15) is 0 Å². The highest BCUT2D eigenvalue weighted by molar-refractivity contribution is 8.76. The number of aromatic carboxylic acids is 1. The van der Waals surface area contributed by atoms with Crippen LogP contribution in [0.15, 0.2) is 12.1 Å². The zero-order valence-corrected chi connectivity index (χ0v) is 28.7. The van der Waals surface area contributed by atoms with Crippen LogP contribution < -0.4 is 4.74 Å². The fourth-order valence-electron chi connectivity index (χ4n) is 7.75. The third-order valence-corrected chi connectivity index (χ3v) is 12.6. The molecule has 1 spiro atoms. The molecule has 13 nitrogen and oxygen atoms in total. The fraction of sp³-hybridized carbons (Fsp3) is 0.636. The Bertz CT molecular complexity index is 1510. The van der Waals surface area contributed by atoms with Crippen LogP contribution in [0, 0.1) is 24.2 Å². The third-order valence-electron chi connectivity index (χ3n) is 10.4. The number of aliphatic hydroxyl groups is 4. The van der Waals surface area contributed by atoms with E-state index in [1.54, 1.807) is 10.8 Å². The molecule has 3 heterocycles. The van der Waals surface area contributed by atoms with Crippen molar-refractivity contribution in [2.45, 2.75) is 76.7 Å². The molecule has 0 aromatic heterocycles. The Labute approximate surface area is 285 Å². The SMILES string of the molecule is CC(=O)c1c(C)c(O)c2cc(C(=O)O)cc(OC3OC(CO)C4(CCC(C)C5CCOCC5(CCO)CSSCO4)C(O)C3O)c2c1O. The van der Waals surface area contributed by atoms with Gasteiger partial charge >= 0.3 is 5.97 Å². The van der Waals surface area contributed by atoms with E-state index in [4.69, 9.17) is 18.9 Å². The first-order valence-corrected chi connectivity index (χ1v) is 18.4. The van der Waals surface area contributed by atoms with Gasteiger partial charge in [-0.25, -0.2) is 4.79 Å². The number of carboxylic acid groups (broad SMARTS) is 1. The number of hydrogen-bond acceptors (Lipinski definition) is 14. The van der Waals surface area contributed by atoms with Crippen LogP contribution >= 0.6 is 21.6 Å². The maximum Gasteiger partial charge on any atom is 0.335 e. The summed E-state index contributed by atoms with van der Waals surface area (Å²) in [5, 5.41) is 75.4. The van der Waals surface area contributed by atoms with E-state index in [1.807, 2.05) is 0 Å². The van der Waals surface area contributed by atoms with Gasteiger partial charge in [0, 0.05) is 35.3 Å². The number of ether oxygens (including phenoxy) is 4. The number of hydrogen-bond donors (Lipinski definition) is 7. The van der Waals surface area contributed by atoms with Gasteiger partial charge in [-0.15, -0.1) is 0 Å². The molecule has 3 aliphatic rings. The number of Topliss-reactive ketones (excluding diaryl/α,β-unsaturated/α-hetero) is 1. The molecule has 5 rings (SSSR count). The minimum atomic E-state index is -1.78. The Morgan fingerprint density at radius 1 is 1.10 bits per heavy atom. The summed E-state index contributed by atoms with van der Waals surface area (Å²) in [5.41, 5.74) is -2.30. The number of aromatic hydroxyl groups is 2. The summed E-state index contributed by atoms with van der Waals surface area (Å²) in [6, 6.07) is 2.17. The van der Waals surface area contributed by atoms with Crippen molar-refractivity contribution in [3.05, 3.63) is 28.8 Å². The van der Waals surface area contributed by atoms with Gasteiger partial charge in [-0.05, 0) is 63.5 Å². The minimum Gasteiger partial charge on any atom is -0.507 e. The summed E-state index contributed by atoms with van der Waals surface area (Å²) in [7, 11) is 2.98. The highest BCUT2D eigenvalue weighted by Crippen LogP contribution is 2.50. The Kier molecular flexibility index (Phi) is 11.4. The van der Waals surface area contributed by atoms with Gasteiger partial charge in [-0.3, -0.25) is 4.79 Å². The fourth-order valence-corrected chi connectivity index (χ4v) is 10.1. The number of ketones is 1. The Morgan fingerprint density at radius 2 is 1.85 bits per heavy atom. The van der Waals surface area contributed by atoms with Crippen LogP contribution in [0.4, 0.5) is 0 Å². The zero-order valence-electron chi connectivity index (χ0n) is 27.1. The van der Waals surface area contributed by atoms with Gasteiger partial charge in [0.15, 0.2) is 5.78 Å². The van der Waals surface area contributed by atoms with E-state index in [9.17, 15) is 45.3 Å². The monoisotopic (exact) mass is 712 g/mol. The van der Waals surface area contributed by atoms with Crippen LogP contribution in [0.1, 0.15) is 65.8 Å². The predicted octanol–water partition coefficient (Wildman–Crippen LogP) is 3.21. The second kappa shape index (κ2) is 14.9. The molecule has 266 valence electrons. The van der Waals surface area contributed by atoms with Gasteiger partial charge in [0.25, 0.3) is 0 Å². The second-order valence-electron chi connectivity index (χ2n) is 13.1. The molecule has 2 aromatic rings. The molecule has 2 aromatic carbocycles. The number of fused-ring (bicyclic) bond motifs is 2. The lowest BCUT2D eigenvalue weighted by Crippen LogP contribution is -2.69. The lowest BCUT2D eigenvalue weighted by atomic mass is 9.65. The van der Waals surface area contributed by atoms with E-state index in [-0.39, 0.29) is 69.4 Å². The molecular weight excluding hydrogens is 668 g/mol. The summed E-state index contributed by atoms with van der Waals surface area (Å²) in [6.45, 7) is 5.24. The van der Waals surface area contributed by atoms with Crippen molar-refractivity contribution in [3.8, 4) is 17.2 Å². The molecule has 3 aliphatic heterocycles. The Balaban J connectivity index is 1.50. The van der Waals surface area contributed by atoms with Crippen molar-refractivity contribution in [1.82, 2.24) is 0 Å². The minimum absolute atomic E-state index is 0.0304. The normalized spacial score (nSPS) is 33.1.